The number of nitrogens with zero attached hydrogens (tertiary/aromatic N) is 1. The maximum absolute atomic E-state index is 14.1. The second kappa shape index (κ2) is 13.1. The van der Waals surface area contributed by atoms with Crippen molar-refractivity contribution in [2.45, 2.75) is 76.8 Å². The first-order chi connectivity index (χ1) is 16.4. The number of carbonyl (C=O) groups is 2. The van der Waals surface area contributed by atoms with Gasteiger partial charge in [0.2, 0.25) is 11.8 Å². The lowest BCUT2D eigenvalue weighted by molar-refractivity contribution is -0.139. The average Bonchev–Trinajstić information content (AvgIpc) is 2.82. The van der Waals surface area contributed by atoms with Crippen molar-refractivity contribution in [3.05, 3.63) is 70.0 Å². The molecule has 0 heterocycles. The van der Waals surface area contributed by atoms with Crippen LogP contribution < -0.4 is 5.32 Å². The summed E-state index contributed by atoms with van der Waals surface area (Å²) in [4.78, 5) is 28.3. The van der Waals surface area contributed by atoms with Gasteiger partial charge in [-0.25, -0.2) is 4.39 Å². The summed E-state index contributed by atoms with van der Waals surface area (Å²) in [6.07, 6.45) is 5.98. The van der Waals surface area contributed by atoms with Crippen LogP contribution in [-0.2, 0) is 21.9 Å². The van der Waals surface area contributed by atoms with Crippen LogP contribution in [0.15, 0.2) is 42.5 Å². The van der Waals surface area contributed by atoms with Gasteiger partial charge in [0.25, 0.3) is 0 Å². The number of hydrogen-bond acceptors (Lipinski definition) is 3. The molecule has 1 fully saturated rings. The lowest BCUT2D eigenvalue weighted by Gasteiger charge is -2.32. The molecule has 0 spiro atoms. The molecule has 4 nitrogen and oxygen atoms in total. The van der Waals surface area contributed by atoms with Crippen LogP contribution >= 0.6 is 23.4 Å². The van der Waals surface area contributed by atoms with E-state index in [0.717, 1.165) is 36.8 Å². The van der Waals surface area contributed by atoms with E-state index in [1.165, 1.54) is 24.2 Å². The summed E-state index contributed by atoms with van der Waals surface area (Å²) in [5, 5.41) is 3.55. The Morgan fingerprint density at radius 1 is 1.15 bits per heavy atom. The molecule has 3 rings (SSSR count). The smallest absolute Gasteiger partial charge is 0.243 e. The number of carbonyl (C=O) groups excluding carboxylic acids is 2. The summed E-state index contributed by atoms with van der Waals surface area (Å²) in [5.41, 5.74) is 2.51. The van der Waals surface area contributed by atoms with Crippen molar-refractivity contribution >= 4 is 35.2 Å². The SMILES string of the molecule is CC[C@@H](C(=O)NC1CCCCC1)N(Cc1ccc(C)cc1)C(=O)CSCc1c(F)cccc1Cl. The number of hydrogen-bond donors (Lipinski definition) is 1. The van der Waals surface area contributed by atoms with E-state index in [9.17, 15) is 14.0 Å². The molecule has 1 saturated carbocycles. The van der Waals surface area contributed by atoms with Crippen LogP contribution in [0.1, 0.15) is 62.1 Å². The number of nitrogens with one attached hydrogen (secondary N) is 1. The van der Waals surface area contributed by atoms with Gasteiger partial charge in [0, 0.05) is 28.9 Å². The zero-order chi connectivity index (χ0) is 24.5. The third-order valence-electron chi connectivity index (χ3n) is 6.34. The quantitative estimate of drug-likeness (QED) is 0.414. The molecule has 2 aromatic rings. The molecule has 0 bridgehead atoms. The van der Waals surface area contributed by atoms with E-state index in [-0.39, 0.29) is 29.4 Å². The van der Waals surface area contributed by atoms with Crippen LogP contribution in [0, 0.1) is 12.7 Å². The molecule has 0 unspecified atom stereocenters. The summed E-state index contributed by atoms with van der Waals surface area (Å²) in [6, 6.07) is 12.2. The lowest BCUT2D eigenvalue weighted by atomic mass is 9.95. The first-order valence-electron chi connectivity index (χ1n) is 12.0. The highest BCUT2D eigenvalue weighted by molar-refractivity contribution is 7.99. The first kappa shape index (κ1) is 26.6. The van der Waals surface area contributed by atoms with E-state index in [0.29, 0.717) is 29.3 Å². The minimum atomic E-state index is -0.548. The van der Waals surface area contributed by atoms with Gasteiger partial charge in [0.1, 0.15) is 11.9 Å². The maximum Gasteiger partial charge on any atom is 0.243 e. The minimum absolute atomic E-state index is 0.0861. The molecule has 0 saturated heterocycles. The Labute approximate surface area is 211 Å². The molecule has 0 aliphatic heterocycles. The Morgan fingerprint density at radius 3 is 2.50 bits per heavy atom. The van der Waals surface area contributed by atoms with E-state index in [4.69, 9.17) is 11.6 Å². The Kier molecular flexibility index (Phi) is 10.3. The molecule has 1 aliphatic rings. The van der Waals surface area contributed by atoms with Crippen LogP contribution in [0.5, 0.6) is 0 Å². The highest BCUT2D eigenvalue weighted by Gasteiger charge is 2.30. The van der Waals surface area contributed by atoms with Crippen LogP contribution in [0.4, 0.5) is 4.39 Å². The molecule has 1 atom stereocenters. The number of benzene rings is 2. The van der Waals surface area contributed by atoms with Gasteiger partial charge in [-0.3, -0.25) is 9.59 Å². The molecule has 1 aliphatic carbocycles. The van der Waals surface area contributed by atoms with Gasteiger partial charge in [0.15, 0.2) is 0 Å². The van der Waals surface area contributed by atoms with E-state index >= 15 is 0 Å². The number of aryl methyl sites for hydroxylation is 1. The summed E-state index contributed by atoms with van der Waals surface area (Å²) < 4.78 is 14.1. The molecule has 184 valence electrons. The van der Waals surface area contributed by atoms with Crippen molar-refractivity contribution in [1.82, 2.24) is 10.2 Å². The van der Waals surface area contributed by atoms with Gasteiger partial charge in [-0.15, -0.1) is 11.8 Å². The predicted octanol–water partition coefficient (Wildman–Crippen LogP) is 6.28. The normalized spacial score (nSPS) is 15.1. The van der Waals surface area contributed by atoms with Crippen LogP contribution in [0.3, 0.4) is 0 Å². The second-order valence-corrected chi connectivity index (χ2v) is 10.4. The fourth-order valence-electron chi connectivity index (χ4n) is 4.35. The summed E-state index contributed by atoms with van der Waals surface area (Å²) in [6.45, 7) is 4.31. The zero-order valence-electron chi connectivity index (χ0n) is 20.0. The minimum Gasteiger partial charge on any atom is -0.352 e. The Bertz CT molecular complexity index is 943. The van der Waals surface area contributed by atoms with Gasteiger partial charge in [-0.05, 0) is 43.9 Å². The summed E-state index contributed by atoms with van der Waals surface area (Å²) in [5.74, 6) is -0.160. The molecule has 0 aromatic heterocycles. The molecular formula is C27H34ClFN2O2S. The van der Waals surface area contributed by atoms with Gasteiger partial charge < -0.3 is 10.2 Å². The first-order valence-corrected chi connectivity index (χ1v) is 13.6. The Hall–Kier alpha value is -2.05. The fraction of sp³-hybridized carbons (Fsp3) is 0.481. The van der Waals surface area contributed by atoms with E-state index in [1.807, 2.05) is 38.1 Å². The number of thioether (sulfide) groups is 1. The maximum atomic E-state index is 14.1. The molecule has 2 amide bonds. The molecule has 2 aromatic carbocycles. The van der Waals surface area contributed by atoms with Crippen molar-refractivity contribution in [1.29, 1.82) is 0 Å². The zero-order valence-corrected chi connectivity index (χ0v) is 21.6. The fourth-order valence-corrected chi connectivity index (χ4v) is 5.60. The average molecular weight is 505 g/mol. The van der Waals surface area contributed by atoms with Gasteiger partial charge in [-0.2, -0.15) is 0 Å². The highest BCUT2D eigenvalue weighted by Crippen LogP contribution is 2.25. The van der Waals surface area contributed by atoms with Crippen molar-refractivity contribution in [3.8, 4) is 0 Å². The molecular weight excluding hydrogens is 471 g/mol. The molecule has 0 radical (unpaired) electrons. The predicted molar refractivity (Wildman–Crippen MR) is 138 cm³/mol. The van der Waals surface area contributed by atoms with Crippen LogP contribution in [0.25, 0.3) is 0 Å². The van der Waals surface area contributed by atoms with Gasteiger partial charge in [-0.1, -0.05) is 73.7 Å². The lowest BCUT2D eigenvalue weighted by Crippen LogP contribution is -2.52. The largest absolute Gasteiger partial charge is 0.352 e. The van der Waals surface area contributed by atoms with Gasteiger partial charge >= 0.3 is 0 Å². The monoisotopic (exact) mass is 504 g/mol. The Balaban J connectivity index is 1.72. The van der Waals surface area contributed by atoms with Crippen molar-refractivity contribution in [2.24, 2.45) is 0 Å². The second-order valence-electron chi connectivity index (χ2n) is 8.97. The molecule has 34 heavy (non-hydrogen) atoms. The number of rotatable bonds is 10. The summed E-state index contributed by atoms with van der Waals surface area (Å²) >= 11 is 7.44. The van der Waals surface area contributed by atoms with Gasteiger partial charge in [0.05, 0.1) is 5.75 Å². The van der Waals surface area contributed by atoms with E-state index in [2.05, 4.69) is 5.32 Å². The standard InChI is InChI=1S/C27H34ClFN2O2S/c1-3-25(27(33)30-21-8-5-4-6-9-21)31(16-20-14-12-19(2)13-15-20)26(32)18-34-17-22-23(28)10-7-11-24(22)29/h7,10-15,21,25H,3-6,8-9,16-18H2,1-2H3,(H,30,33)/t25-/m0/s1. The number of halogens is 2. The molecule has 7 heteroatoms. The highest BCUT2D eigenvalue weighted by atomic mass is 35.5. The van der Waals surface area contributed by atoms with Crippen LogP contribution in [0.2, 0.25) is 5.02 Å². The van der Waals surface area contributed by atoms with E-state index in [1.54, 1.807) is 17.0 Å². The number of amides is 2. The Morgan fingerprint density at radius 2 is 1.85 bits per heavy atom. The van der Waals surface area contributed by atoms with Crippen molar-refractivity contribution in [3.63, 3.8) is 0 Å². The van der Waals surface area contributed by atoms with Crippen molar-refractivity contribution < 1.29 is 14.0 Å². The molecule has 1 N–H and O–H groups in total. The summed E-state index contributed by atoms with van der Waals surface area (Å²) in [7, 11) is 0. The van der Waals surface area contributed by atoms with Crippen molar-refractivity contribution in [2.75, 3.05) is 5.75 Å². The van der Waals surface area contributed by atoms with Crippen LogP contribution in [-0.4, -0.2) is 34.6 Å². The van der Waals surface area contributed by atoms with E-state index < -0.39 is 6.04 Å². The third-order valence-corrected chi connectivity index (χ3v) is 7.64. The topological polar surface area (TPSA) is 49.4 Å². The third kappa shape index (κ3) is 7.47.